The van der Waals surface area contributed by atoms with E-state index in [9.17, 15) is 9.59 Å². The molecule has 2 rings (SSSR count). The van der Waals surface area contributed by atoms with E-state index < -0.39 is 11.9 Å². The van der Waals surface area contributed by atoms with Crippen LogP contribution in [0.1, 0.15) is 32.1 Å². The summed E-state index contributed by atoms with van der Waals surface area (Å²) in [6, 6.07) is -0.759. The predicted octanol–water partition coefficient (Wildman–Crippen LogP) is -0.162. The third-order valence-corrected chi connectivity index (χ3v) is 3.40. The molecule has 2 aliphatic rings. The van der Waals surface area contributed by atoms with Crippen LogP contribution in [-0.4, -0.2) is 35.8 Å². The van der Waals surface area contributed by atoms with Crippen molar-refractivity contribution in [3.63, 3.8) is 0 Å². The summed E-state index contributed by atoms with van der Waals surface area (Å²) in [5.74, 6) is 0.684. The summed E-state index contributed by atoms with van der Waals surface area (Å²) in [4.78, 5) is 24.7. The molecule has 5 heteroatoms. The molecule has 2 saturated carbocycles. The second-order valence-corrected chi connectivity index (χ2v) is 5.41. The fourth-order valence-corrected chi connectivity index (χ4v) is 2.02. The monoisotopic (exact) mass is 239 g/mol. The highest BCUT2D eigenvalue weighted by Crippen LogP contribution is 2.33. The van der Waals surface area contributed by atoms with E-state index in [2.05, 4.69) is 0 Å². The maximum atomic E-state index is 12.1. The molecule has 0 aromatic rings. The second-order valence-electron chi connectivity index (χ2n) is 5.41. The standard InChI is InChI=1S/C12H21N3O2/c13-10(5-11(14)16)12(17)15(6-8-1-2-8)7-9-3-4-9/h8-10H,1-7,13H2,(H2,14,16). The van der Waals surface area contributed by atoms with Gasteiger partial charge in [-0.1, -0.05) is 0 Å². The average Bonchev–Trinajstić information content (AvgIpc) is 3.08. The van der Waals surface area contributed by atoms with Crippen LogP contribution in [0.3, 0.4) is 0 Å². The number of carbonyl (C=O) groups excluding carboxylic acids is 2. The predicted molar refractivity (Wildman–Crippen MR) is 63.8 cm³/mol. The maximum absolute atomic E-state index is 12.1. The molecule has 4 N–H and O–H groups in total. The highest BCUT2D eigenvalue weighted by Gasteiger charge is 2.33. The molecule has 17 heavy (non-hydrogen) atoms. The van der Waals surface area contributed by atoms with Crippen molar-refractivity contribution in [2.75, 3.05) is 13.1 Å². The highest BCUT2D eigenvalue weighted by atomic mass is 16.2. The lowest BCUT2D eigenvalue weighted by molar-refractivity contribution is -0.135. The number of rotatable bonds is 7. The Balaban J connectivity index is 1.87. The Hall–Kier alpha value is -1.10. The number of hydrogen-bond acceptors (Lipinski definition) is 3. The van der Waals surface area contributed by atoms with Gasteiger partial charge in [0.05, 0.1) is 12.5 Å². The van der Waals surface area contributed by atoms with Gasteiger partial charge in [0.15, 0.2) is 0 Å². The van der Waals surface area contributed by atoms with Crippen LogP contribution >= 0.6 is 0 Å². The van der Waals surface area contributed by atoms with E-state index in [0.29, 0.717) is 11.8 Å². The zero-order valence-corrected chi connectivity index (χ0v) is 10.1. The highest BCUT2D eigenvalue weighted by molar-refractivity contribution is 5.87. The smallest absolute Gasteiger partial charge is 0.240 e. The normalized spacial score (nSPS) is 21.0. The molecule has 5 nitrogen and oxygen atoms in total. The summed E-state index contributed by atoms with van der Waals surface area (Å²) in [7, 11) is 0. The minimum Gasteiger partial charge on any atom is -0.370 e. The molecule has 0 spiro atoms. The van der Waals surface area contributed by atoms with Gasteiger partial charge in [0.25, 0.3) is 0 Å². The first kappa shape index (κ1) is 12.4. The zero-order valence-electron chi connectivity index (χ0n) is 10.1. The van der Waals surface area contributed by atoms with Gasteiger partial charge in [-0.15, -0.1) is 0 Å². The lowest BCUT2D eigenvalue weighted by Crippen LogP contribution is -2.47. The summed E-state index contributed by atoms with van der Waals surface area (Å²) in [6.45, 7) is 1.61. The zero-order chi connectivity index (χ0) is 12.4. The molecular formula is C12H21N3O2. The van der Waals surface area contributed by atoms with Crippen molar-refractivity contribution in [3.05, 3.63) is 0 Å². The van der Waals surface area contributed by atoms with Gasteiger partial charge in [0.2, 0.25) is 11.8 Å². The van der Waals surface area contributed by atoms with E-state index >= 15 is 0 Å². The summed E-state index contributed by atoms with van der Waals surface area (Å²) in [5.41, 5.74) is 10.8. The molecule has 1 unspecified atom stereocenters. The van der Waals surface area contributed by atoms with E-state index in [4.69, 9.17) is 11.5 Å². The number of nitrogens with zero attached hydrogens (tertiary/aromatic N) is 1. The molecule has 2 aliphatic carbocycles. The minimum atomic E-state index is -0.759. The molecule has 0 aromatic heterocycles. The largest absolute Gasteiger partial charge is 0.370 e. The third kappa shape index (κ3) is 4.00. The molecule has 0 aromatic carbocycles. The number of carbonyl (C=O) groups is 2. The van der Waals surface area contributed by atoms with E-state index in [1.165, 1.54) is 25.7 Å². The van der Waals surface area contributed by atoms with Crippen molar-refractivity contribution in [3.8, 4) is 0 Å². The van der Waals surface area contributed by atoms with Crippen molar-refractivity contribution in [2.45, 2.75) is 38.1 Å². The van der Waals surface area contributed by atoms with Gasteiger partial charge in [0.1, 0.15) is 0 Å². The van der Waals surface area contributed by atoms with Crippen molar-refractivity contribution >= 4 is 11.8 Å². The van der Waals surface area contributed by atoms with Gasteiger partial charge < -0.3 is 16.4 Å². The van der Waals surface area contributed by atoms with Crippen LogP contribution < -0.4 is 11.5 Å². The van der Waals surface area contributed by atoms with E-state index in [1.807, 2.05) is 4.90 Å². The van der Waals surface area contributed by atoms with Crippen molar-refractivity contribution in [1.29, 1.82) is 0 Å². The molecule has 0 heterocycles. The number of amides is 2. The number of hydrogen-bond donors (Lipinski definition) is 2. The first-order chi connectivity index (χ1) is 8.06. The Morgan fingerprint density at radius 1 is 1.12 bits per heavy atom. The molecular weight excluding hydrogens is 218 g/mol. The lowest BCUT2D eigenvalue weighted by atomic mass is 10.1. The topological polar surface area (TPSA) is 89.4 Å². The average molecular weight is 239 g/mol. The van der Waals surface area contributed by atoms with Gasteiger partial charge in [-0.05, 0) is 37.5 Å². The van der Waals surface area contributed by atoms with Crippen LogP contribution in [-0.2, 0) is 9.59 Å². The van der Waals surface area contributed by atoms with Gasteiger partial charge in [-0.25, -0.2) is 0 Å². The van der Waals surface area contributed by atoms with Crippen molar-refractivity contribution < 1.29 is 9.59 Å². The number of nitrogens with two attached hydrogens (primary N) is 2. The Labute approximate surface area is 102 Å². The number of primary amides is 1. The molecule has 1 atom stereocenters. The van der Waals surface area contributed by atoms with Crippen molar-refractivity contribution in [1.82, 2.24) is 4.90 Å². The van der Waals surface area contributed by atoms with Gasteiger partial charge >= 0.3 is 0 Å². The van der Waals surface area contributed by atoms with Gasteiger partial charge in [-0.3, -0.25) is 9.59 Å². The van der Waals surface area contributed by atoms with Crippen LogP contribution in [0.2, 0.25) is 0 Å². The van der Waals surface area contributed by atoms with Crippen LogP contribution in [0.4, 0.5) is 0 Å². The Kier molecular flexibility index (Phi) is 3.66. The van der Waals surface area contributed by atoms with E-state index in [0.717, 1.165) is 13.1 Å². The molecule has 2 amide bonds. The third-order valence-electron chi connectivity index (χ3n) is 3.40. The first-order valence-electron chi connectivity index (χ1n) is 6.39. The summed E-state index contributed by atoms with van der Waals surface area (Å²) < 4.78 is 0. The summed E-state index contributed by atoms with van der Waals surface area (Å²) in [5, 5.41) is 0. The van der Waals surface area contributed by atoms with Crippen molar-refractivity contribution in [2.24, 2.45) is 23.3 Å². The molecule has 2 fully saturated rings. The maximum Gasteiger partial charge on any atom is 0.240 e. The fraction of sp³-hybridized carbons (Fsp3) is 0.833. The first-order valence-corrected chi connectivity index (χ1v) is 6.39. The van der Waals surface area contributed by atoms with Crippen LogP contribution in [0.5, 0.6) is 0 Å². The Morgan fingerprint density at radius 2 is 1.59 bits per heavy atom. The summed E-state index contributed by atoms with van der Waals surface area (Å²) >= 11 is 0. The lowest BCUT2D eigenvalue weighted by Gasteiger charge is -2.25. The Bertz CT molecular complexity index is 297. The van der Waals surface area contributed by atoms with Gasteiger partial charge in [-0.2, -0.15) is 0 Å². The quantitative estimate of drug-likeness (QED) is 0.646. The fourth-order valence-electron chi connectivity index (χ4n) is 2.02. The van der Waals surface area contributed by atoms with Gasteiger partial charge in [0, 0.05) is 13.1 Å². The second kappa shape index (κ2) is 5.04. The van der Waals surface area contributed by atoms with Crippen LogP contribution in [0.25, 0.3) is 0 Å². The molecule has 0 radical (unpaired) electrons. The van der Waals surface area contributed by atoms with E-state index in [1.54, 1.807) is 0 Å². The van der Waals surface area contributed by atoms with Crippen LogP contribution in [0, 0.1) is 11.8 Å². The molecule has 96 valence electrons. The minimum absolute atomic E-state index is 0.0509. The van der Waals surface area contributed by atoms with Crippen LogP contribution in [0.15, 0.2) is 0 Å². The van der Waals surface area contributed by atoms with E-state index in [-0.39, 0.29) is 12.3 Å². The molecule has 0 saturated heterocycles. The molecule has 0 bridgehead atoms. The SMILES string of the molecule is NC(=O)CC(N)C(=O)N(CC1CC1)CC1CC1. The Morgan fingerprint density at radius 3 is 1.94 bits per heavy atom. The molecule has 0 aliphatic heterocycles. The summed E-state index contributed by atoms with van der Waals surface area (Å²) in [6.07, 6.45) is 4.78.